The molecule has 1 amide bonds. The van der Waals surface area contributed by atoms with Crippen LogP contribution in [-0.2, 0) is 4.79 Å². The maximum absolute atomic E-state index is 13.8. The summed E-state index contributed by atoms with van der Waals surface area (Å²) < 4.78 is 16.4. The van der Waals surface area contributed by atoms with Crippen molar-refractivity contribution >= 4 is 38.4 Å². The van der Waals surface area contributed by atoms with Crippen LogP contribution < -0.4 is 10.2 Å². The fourth-order valence-corrected chi connectivity index (χ4v) is 5.42. The molecule has 0 radical (unpaired) electrons. The van der Waals surface area contributed by atoms with E-state index >= 15 is 0 Å². The van der Waals surface area contributed by atoms with Crippen molar-refractivity contribution in [1.82, 2.24) is 14.8 Å². The van der Waals surface area contributed by atoms with Crippen molar-refractivity contribution in [2.45, 2.75) is 33.6 Å². The fourth-order valence-electron chi connectivity index (χ4n) is 4.40. The number of aryl methyl sites for hydroxylation is 3. The number of carbonyl (C=O) groups is 1. The smallest absolute Gasteiger partial charge is 0.229 e. The van der Waals surface area contributed by atoms with Crippen LogP contribution in [0.3, 0.4) is 0 Å². The summed E-state index contributed by atoms with van der Waals surface area (Å²) in [6.07, 6.45) is 1.78. The third kappa shape index (κ3) is 4.23. The van der Waals surface area contributed by atoms with Crippen LogP contribution in [0.4, 0.5) is 15.2 Å². The minimum Gasteiger partial charge on any atom is -0.347 e. The monoisotopic (exact) mass is 463 g/mol. The first-order valence-electron chi connectivity index (χ1n) is 11.1. The van der Waals surface area contributed by atoms with E-state index in [2.05, 4.69) is 21.4 Å². The van der Waals surface area contributed by atoms with Crippen molar-refractivity contribution in [3.8, 4) is 5.69 Å². The number of carbonyl (C=O) groups excluding carboxylic acids is 1. The average molecular weight is 464 g/mol. The lowest BCUT2D eigenvalue weighted by molar-refractivity contribution is -0.120. The third-order valence-electron chi connectivity index (χ3n) is 6.13. The molecule has 170 valence electrons. The number of benzene rings is 2. The van der Waals surface area contributed by atoms with Gasteiger partial charge in [0.15, 0.2) is 10.8 Å². The molecule has 1 saturated heterocycles. The van der Waals surface area contributed by atoms with Crippen molar-refractivity contribution in [1.29, 1.82) is 0 Å². The molecule has 33 heavy (non-hydrogen) atoms. The first kappa shape index (κ1) is 21.6. The summed E-state index contributed by atoms with van der Waals surface area (Å²) in [7, 11) is 0. The highest BCUT2D eigenvalue weighted by molar-refractivity contribution is 7.22. The van der Waals surface area contributed by atoms with Gasteiger partial charge in [-0.05, 0) is 63.4 Å². The molecule has 0 saturated carbocycles. The summed E-state index contributed by atoms with van der Waals surface area (Å²) in [5.41, 5.74) is 5.35. The Bertz CT molecular complexity index is 1340. The van der Waals surface area contributed by atoms with Gasteiger partial charge in [0, 0.05) is 18.8 Å². The van der Waals surface area contributed by atoms with Crippen LogP contribution in [0.25, 0.3) is 16.0 Å². The lowest BCUT2D eigenvalue weighted by atomic mass is 9.97. The maximum Gasteiger partial charge on any atom is 0.229 e. The molecule has 1 fully saturated rings. The highest BCUT2D eigenvalue weighted by Gasteiger charge is 2.28. The molecule has 2 aromatic carbocycles. The zero-order valence-corrected chi connectivity index (χ0v) is 19.7. The van der Waals surface area contributed by atoms with Gasteiger partial charge in [0.05, 0.1) is 22.0 Å². The zero-order valence-electron chi connectivity index (χ0n) is 18.9. The molecule has 0 aliphatic carbocycles. The van der Waals surface area contributed by atoms with Gasteiger partial charge < -0.3 is 10.2 Å². The molecule has 6 nitrogen and oxygen atoms in total. The molecule has 1 aliphatic heterocycles. The van der Waals surface area contributed by atoms with Crippen molar-refractivity contribution in [2.75, 3.05) is 23.3 Å². The summed E-state index contributed by atoms with van der Waals surface area (Å²) in [6.45, 7) is 7.48. The molecule has 0 spiro atoms. The van der Waals surface area contributed by atoms with E-state index in [4.69, 9.17) is 4.98 Å². The molecule has 1 unspecified atom stereocenters. The molecule has 4 aromatic rings. The second-order valence-electron chi connectivity index (χ2n) is 8.72. The van der Waals surface area contributed by atoms with Crippen LogP contribution in [0.15, 0.2) is 42.5 Å². The summed E-state index contributed by atoms with van der Waals surface area (Å²) in [4.78, 5) is 20.1. The summed E-state index contributed by atoms with van der Waals surface area (Å²) in [6, 6.07) is 12.4. The number of piperidine rings is 1. The van der Waals surface area contributed by atoms with Gasteiger partial charge in [-0.3, -0.25) is 4.79 Å². The number of aromatic nitrogens is 3. The predicted molar refractivity (Wildman–Crippen MR) is 131 cm³/mol. The van der Waals surface area contributed by atoms with Gasteiger partial charge in [0.1, 0.15) is 5.82 Å². The van der Waals surface area contributed by atoms with Crippen molar-refractivity contribution < 1.29 is 9.18 Å². The molecule has 1 N–H and O–H groups in total. The van der Waals surface area contributed by atoms with Crippen LogP contribution in [0.2, 0.25) is 0 Å². The Hall–Kier alpha value is -3.26. The van der Waals surface area contributed by atoms with Crippen LogP contribution in [0, 0.1) is 32.5 Å². The van der Waals surface area contributed by atoms with Gasteiger partial charge in [-0.2, -0.15) is 10.1 Å². The Labute approximate surface area is 196 Å². The van der Waals surface area contributed by atoms with Crippen LogP contribution in [0.1, 0.15) is 29.7 Å². The number of hydrogen-bond donors (Lipinski definition) is 1. The van der Waals surface area contributed by atoms with E-state index < -0.39 is 0 Å². The highest BCUT2D eigenvalue weighted by Crippen LogP contribution is 2.34. The second kappa shape index (κ2) is 8.59. The van der Waals surface area contributed by atoms with E-state index in [9.17, 15) is 9.18 Å². The fraction of sp³-hybridized carbons (Fsp3) is 0.320. The second-order valence-corrected chi connectivity index (χ2v) is 9.70. The van der Waals surface area contributed by atoms with Crippen molar-refractivity contribution in [3.63, 3.8) is 0 Å². The van der Waals surface area contributed by atoms with Gasteiger partial charge in [0.2, 0.25) is 5.91 Å². The largest absolute Gasteiger partial charge is 0.347 e. The predicted octanol–water partition coefficient (Wildman–Crippen LogP) is 5.40. The number of fused-ring (bicyclic) bond motifs is 1. The SMILES string of the molecule is Cc1ccc(NC(=O)C2CCCN(c3nc4c(s3)c(C)nn4-c3cccc(F)c3)C2)c(C)c1. The Kier molecular flexibility index (Phi) is 5.62. The molecule has 5 rings (SSSR count). The van der Waals surface area contributed by atoms with Gasteiger partial charge in [-0.1, -0.05) is 35.1 Å². The summed E-state index contributed by atoms with van der Waals surface area (Å²) in [5.74, 6) is -0.361. The number of nitrogens with one attached hydrogen (secondary N) is 1. The van der Waals surface area contributed by atoms with Crippen LogP contribution >= 0.6 is 11.3 Å². The molecular formula is C25H26FN5OS. The number of nitrogens with zero attached hydrogens (tertiary/aromatic N) is 4. The number of thiazole rings is 1. The lowest BCUT2D eigenvalue weighted by Gasteiger charge is -2.31. The van der Waals surface area contributed by atoms with Crippen molar-refractivity contribution in [2.24, 2.45) is 5.92 Å². The van der Waals surface area contributed by atoms with Gasteiger partial charge in [-0.25, -0.2) is 9.07 Å². The molecule has 1 atom stereocenters. The Morgan fingerprint density at radius 1 is 1.18 bits per heavy atom. The third-order valence-corrected chi connectivity index (χ3v) is 7.35. The Morgan fingerprint density at radius 2 is 2.03 bits per heavy atom. The lowest BCUT2D eigenvalue weighted by Crippen LogP contribution is -2.40. The molecule has 0 bridgehead atoms. The minimum absolute atomic E-state index is 0.0508. The Balaban J connectivity index is 1.37. The van der Waals surface area contributed by atoms with Crippen LogP contribution in [0.5, 0.6) is 0 Å². The molecule has 1 aliphatic rings. The summed E-state index contributed by atoms with van der Waals surface area (Å²) >= 11 is 1.58. The van der Waals surface area contributed by atoms with E-state index in [1.54, 1.807) is 22.1 Å². The number of hydrogen-bond acceptors (Lipinski definition) is 5. The van der Waals surface area contributed by atoms with E-state index in [1.165, 1.54) is 17.7 Å². The van der Waals surface area contributed by atoms with Gasteiger partial charge >= 0.3 is 0 Å². The average Bonchev–Trinajstić information content (AvgIpc) is 3.36. The standard InChI is InChI=1S/C25H26FN5OS/c1-15-9-10-21(16(2)12-15)27-24(32)18-6-5-11-30(14-18)25-28-23-22(33-25)17(3)29-31(23)20-8-4-7-19(26)13-20/h4,7-10,12-13,18H,5-6,11,14H2,1-3H3,(H,27,32). The number of halogens is 1. The Morgan fingerprint density at radius 3 is 2.82 bits per heavy atom. The van der Waals surface area contributed by atoms with E-state index in [1.807, 2.05) is 39.0 Å². The number of anilines is 2. The topological polar surface area (TPSA) is 63.1 Å². The zero-order chi connectivity index (χ0) is 23.1. The van der Waals surface area contributed by atoms with Crippen molar-refractivity contribution in [3.05, 3.63) is 65.1 Å². The maximum atomic E-state index is 13.8. The van der Waals surface area contributed by atoms with Crippen LogP contribution in [-0.4, -0.2) is 33.8 Å². The quantitative estimate of drug-likeness (QED) is 0.440. The molecule has 2 aromatic heterocycles. The number of amides is 1. The number of rotatable bonds is 4. The molecule has 8 heteroatoms. The molecular weight excluding hydrogens is 437 g/mol. The highest BCUT2D eigenvalue weighted by atomic mass is 32.1. The minimum atomic E-state index is -0.307. The first-order valence-corrected chi connectivity index (χ1v) is 12.0. The van der Waals surface area contributed by atoms with E-state index in [0.717, 1.165) is 51.8 Å². The van der Waals surface area contributed by atoms with Gasteiger partial charge in [-0.15, -0.1) is 0 Å². The first-order chi connectivity index (χ1) is 15.9. The van der Waals surface area contributed by atoms with E-state index in [-0.39, 0.29) is 17.6 Å². The normalized spacial score (nSPS) is 16.4. The van der Waals surface area contributed by atoms with Gasteiger partial charge in [0.25, 0.3) is 0 Å². The summed E-state index contributed by atoms with van der Waals surface area (Å²) in [5, 5.41) is 8.56. The van der Waals surface area contributed by atoms with E-state index in [0.29, 0.717) is 12.2 Å². The molecule has 3 heterocycles.